The van der Waals surface area contributed by atoms with Gasteiger partial charge in [-0.2, -0.15) is 0 Å². The van der Waals surface area contributed by atoms with Crippen LogP contribution in [0.4, 0.5) is 0 Å². The summed E-state index contributed by atoms with van der Waals surface area (Å²) in [4.78, 5) is 11.5. The van der Waals surface area contributed by atoms with E-state index in [-0.39, 0.29) is 24.9 Å². The normalized spacial score (nSPS) is 13.3. The molecular formula is C17H32O3Si. The van der Waals surface area contributed by atoms with Crippen LogP contribution in [0.2, 0.25) is 16.6 Å². The van der Waals surface area contributed by atoms with Crippen LogP contribution < -0.4 is 0 Å². The zero-order chi connectivity index (χ0) is 16.6. The van der Waals surface area contributed by atoms with Crippen molar-refractivity contribution >= 4 is 14.0 Å². The summed E-state index contributed by atoms with van der Waals surface area (Å²) in [5, 5.41) is 9.17. The van der Waals surface area contributed by atoms with Crippen LogP contribution in [0.15, 0.2) is 0 Å². The molecule has 1 atom stereocenters. The van der Waals surface area contributed by atoms with E-state index in [1.165, 1.54) is 7.11 Å². The molecule has 0 spiro atoms. The van der Waals surface area contributed by atoms with Gasteiger partial charge in [-0.15, -0.1) is 11.5 Å². The minimum Gasteiger partial charge on any atom is -0.469 e. The Labute approximate surface area is 131 Å². The Morgan fingerprint density at radius 2 is 1.57 bits per heavy atom. The highest BCUT2D eigenvalue weighted by molar-refractivity contribution is 6.90. The molecule has 21 heavy (non-hydrogen) atoms. The topological polar surface area (TPSA) is 46.5 Å². The second-order valence-electron chi connectivity index (χ2n) is 6.66. The molecule has 122 valence electrons. The lowest BCUT2D eigenvalue weighted by atomic mass is 10.0. The summed E-state index contributed by atoms with van der Waals surface area (Å²) < 4.78 is 4.72. The maximum Gasteiger partial charge on any atom is 0.306 e. The van der Waals surface area contributed by atoms with Crippen LogP contribution >= 0.6 is 0 Å². The van der Waals surface area contributed by atoms with Crippen LogP contribution in [0.1, 0.15) is 54.4 Å². The molecule has 0 bridgehead atoms. The summed E-state index contributed by atoms with van der Waals surface area (Å²) in [6.07, 6.45) is 0.795. The molecule has 1 unspecified atom stereocenters. The fourth-order valence-electron chi connectivity index (χ4n) is 3.33. The van der Waals surface area contributed by atoms with E-state index >= 15 is 0 Å². The van der Waals surface area contributed by atoms with Crippen molar-refractivity contribution in [1.82, 2.24) is 0 Å². The number of esters is 1. The quantitative estimate of drug-likeness (QED) is 0.442. The molecule has 0 radical (unpaired) electrons. The van der Waals surface area contributed by atoms with Crippen molar-refractivity contribution < 1.29 is 14.6 Å². The predicted molar refractivity (Wildman–Crippen MR) is 90.6 cm³/mol. The Balaban J connectivity index is 5.43. The number of aliphatic hydroxyl groups is 1. The molecule has 0 aliphatic carbocycles. The molecule has 1 N–H and O–H groups in total. The number of hydrogen-bond acceptors (Lipinski definition) is 3. The molecule has 0 aromatic heterocycles. The molecular weight excluding hydrogens is 280 g/mol. The van der Waals surface area contributed by atoms with Crippen LogP contribution in [-0.2, 0) is 9.53 Å². The van der Waals surface area contributed by atoms with Crippen LogP contribution in [-0.4, -0.2) is 32.9 Å². The van der Waals surface area contributed by atoms with Gasteiger partial charge in [-0.3, -0.25) is 4.79 Å². The molecule has 0 rings (SSSR count). The average molecular weight is 313 g/mol. The Morgan fingerprint density at radius 1 is 1.10 bits per heavy atom. The first kappa shape index (κ1) is 20.2. The van der Waals surface area contributed by atoms with Crippen molar-refractivity contribution in [3.63, 3.8) is 0 Å². The van der Waals surface area contributed by atoms with Gasteiger partial charge in [-0.05, 0) is 23.0 Å². The number of hydrogen-bond donors (Lipinski definition) is 1. The number of carbonyl (C=O) groups is 1. The first-order chi connectivity index (χ1) is 9.72. The predicted octanol–water partition coefficient (Wildman–Crippen LogP) is 3.77. The SMILES string of the molecule is COC(=O)CC(C#C[Si](C(C)C)(C(C)C)C(C)C)CCO. The fraction of sp³-hybridized carbons (Fsp3) is 0.824. The number of methoxy groups -OCH3 is 1. The maximum absolute atomic E-state index is 11.5. The van der Waals surface area contributed by atoms with Gasteiger partial charge in [0, 0.05) is 12.5 Å². The first-order valence-corrected chi connectivity index (χ1v) is 10.2. The molecule has 0 aliphatic heterocycles. The Morgan fingerprint density at radius 3 is 1.90 bits per heavy atom. The third kappa shape index (κ3) is 5.48. The summed E-state index contributed by atoms with van der Waals surface area (Å²) in [7, 11) is -0.385. The second-order valence-corrected chi connectivity index (χ2v) is 12.2. The molecule has 0 heterocycles. The summed E-state index contributed by atoms with van der Waals surface area (Å²) in [6.45, 7) is 13.6. The minimum absolute atomic E-state index is 0.0515. The third-order valence-electron chi connectivity index (χ3n) is 4.48. The van der Waals surface area contributed by atoms with E-state index in [4.69, 9.17) is 4.74 Å². The van der Waals surface area contributed by atoms with Gasteiger partial charge in [0.15, 0.2) is 0 Å². The van der Waals surface area contributed by atoms with Gasteiger partial charge in [0.2, 0.25) is 0 Å². The zero-order valence-electron chi connectivity index (χ0n) is 14.7. The number of ether oxygens (including phenoxy) is 1. The van der Waals surface area contributed by atoms with Gasteiger partial charge in [0.05, 0.1) is 13.5 Å². The van der Waals surface area contributed by atoms with Crippen LogP contribution in [0.5, 0.6) is 0 Å². The van der Waals surface area contributed by atoms with Gasteiger partial charge in [-0.25, -0.2) is 0 Å². The van der Waals surface area contributed by atoms with E-state index in [0.29, 0.717) is 23.0 Å². The second kappa shape index (κ2) is 9.27. The molecule has 0 aromatic carbocycles. The number of aliphatic hydroxyl groups excluding tert-OH is 1. The van der Waals surface area contributed by atoms with Gasteiger partial charge >= 0.3 is 5.97 Å². The number of rotatable bonds is 7. The maximum atomic E-state index is 11.5. The van der Waals surface area contributed by atoms with Crippen molar-refractivity contribution in [2.45, 2.75) is 71.0 Å². The van der Waals surface area contributed by atoms with Crippen LogP contribution in [0.3, 0.4) is 0 Å². The summed E-state index contributed by atoms with van der Waals surface area (Å²) in [5.41, 5.74) is 5.32. The van der Waals surface area contributed by atoms with Gasteiger partial charge < -0.3 is 9.84 Å². The van der Waals surface area contributed by atoms with Crippen molar-refractivity contribution in [2.75, 3.05) is 13.7 Å². The Hall–Kier alpha value is -0.793. The van der Waals surface area contributed by atoms with Gasteiger partial charge in [0.25, 0.3) is 0 Å². The fourth-order valence-corrected chi connectivity index (χ4v) is 8.65. The van der Waals surface area contributed by atoms with Crippen molar-refractivity contribution in [1.29, 1.82) is 0 Å². The lowest BCUT2D eigenvalue weighted by molar-refractivity contribution is -0.141. The van der Waals surface area contributed by atoms with E-state index < -0.39 is 8.07 Å². The molecule has 0 saturated heterocycles. The molecule has 3 nitrogen and oxygen atoms in total. The highest BCUT2D eigenvalue weighted by Crippen LogP contribution is 2.40. The van der Waals surface area contributed by atoms with E-state index in [9.17, 15) is 9.90 Å². The van der Waals surface area contributed by atoms with Crippen LogP contribution in [0.25, 0.3) is 0 Å². The van der Waals surface area contributed by atoms with Crippen molar-refractivity contribution in [3.8, 4) is 11.5 Å². The van der Waals surface area contributed by atoms with Crippen LogP contribution in [0, 0.1) is 17.4 Å². The third-order valence-corrected chi connectivity index (χ3v) is 10.8. The molecule has 0 amide bonds. The minimum atomic E-state index is -1.78. The largest absolute Gasteiger partial charge is 0.469 e. The van der Waals surface area contributed by atoms with Crippen molar-refractivity contribution in [2.24, 2.45) is 5.92 Å². The highest BCUT2D eigenvalue weighted by Gasteiger charge is 2.41. The van der Waals surface area contributed by atoms with E-state index in [2.05, 4.69) is 53.0 Å². The Kier molecular flexibility index (Phi) is 8.92. The average Bonchev–Trinajstić information content (AvgIpc) is 2.37. The van der Waals surface area contributed by atoms with E-state index in [1.807, 2.05) is 0 Å². The molecule has 4 heteroatoms. The standard InChI is InChI=1S/C17H32O3Si/c1-13(2)21(14(3)4,15(5)6)11-9-16(8-10-18)12-17(19)20-7/h13-16,18H,8,10,12H2,1-7H3. The lowest BCUT2D eigenvalue weighted by Gasteiger charge is -2.38. The monoisotopic (exact) mass is 312 g/mol. The van der Waals surface area contributed by atoms with E-state index in [0.717, 1.165) is 0 Å². The number of carbonyl (C=O) groups excluding carboxylic acids is 1. The summed E-state index contributed by atoms with van der Waals surface area (Å²) in [5.74, 6) is 2.96. The van der Waals surface area contributed by atoms with Gasteiger partial charge in [0.1, 0.15) is 8.07 Å². The molecule has 0 aliphatic rings. The van der Waals surface area contributed by atoms with Crippen molar-refractivity contribution in [3.05, 3.63) is 0 Å². The van der Waals surface area contributed by atoms with Gasteiger partial charge in [-0.1, -0.05) is 41.5 Å². The first-order valence-electron chi connectivity index (χ1n) is 7.92. The molecule has 0 saturated carbocycles. The highest BCUT2D eigenvalue weighted by atomic mass is 28.3. The summed E-state index contributed by atoms with van der Waals surface area (Å²) in [6, 6.07) is 0. The Bertz CT molecular complexity index is 355. The van der Waals surface area contributed by atoms with E-state index in [1.54, 1.807) is 0 Å². The smallest absolute Gasteiger partial charge is 0.306 e. The molecule has 0 fully saturated rings. The summed E-state index contributed by atoms with van der Waals surface area (Å²) >= 11 is 0. The zero-order valence-corrected chi connectivity index (χ0v) is 15.7. The lowest BCUT2D eigenvalue weighted by Crippen LogP contribution is -2.43. The molecule has 0 aromatic rings.